The number of hydrogen-bond acceptors (Lipinski definition) is 4. The third kappa shape index (κ3) is 3.39. The molecule has 1 aliphatic carbocycles. The number of halogens is 2. The number of carbonyl (C=O) groups excluding carboxylic acids is 2. The summed E-state index contributed by atoms with van der Waals surface area (Å²) in [6, 6.07) is 0. The fourth-order valence-corrected chi connectivity index (χ4v) is 3.29. The van der Waals surface area contributed by atoms with Gasteiger partial charge in [-0.1, -0.05) is 6.58 Å². The summed E-state index contributed by atoms with van der Waals surface area (Å²) in [6.07, 6.45) is 0.538. The Labute approximate surface area is 134 Å². The standard InChI is InChI=1S/C16H23F2NO4/c1-3-16(17,18)12(20)13(21)19-9-5-11(6-10-19)15(7-8-15)14(22)23-4-2/h3,11-12,20H,1,4-10H2,2H3/t12-/m1/s1. The van der Waals surface area contributed by atoms with Gasteiger partial charge in [-0.3, -0.25) is 9.59 Å². The fraction of sp³-hybridized carbons (Fsp3) is 0.750. The number of ether oxygens (including phenoxy) is 1. The molecular formula is C16H23F2NO4. The van der Waals surface area contributed by atoms with Crippen molar-refractivity contribution in [2.24, 2.45) is 11.3 Å². The maximum atomic E-state index is 13.3. The number of carbonyl (C=O) groups is 2. The van der Waals surface area contributed by atoms with Gasteiger partial charge in [-0.2, -0.15) is 8.78 Å². The lowest BCUT2D eigenvalue weighted by molar-refractivity contribution is -0.159. The summed E-state index contributed by atoms with van der Waals surface area (Å²) >= 11 is 0. The first-order valence-electron chi connectivity index (χ1n) is 7.94. The molecule has 0 spiro atoms. The molecule has 5 nitrogen and oxygen atoms in total. The number of aliphatic hydroxyl groups is 1. The minimum atomic E-state index is -3.64. The van der Waals surface area contributed by atoms with Gasteiger partial charge >= 0.3 is 11.9 Å². The maximum Gasteiger partial charge on any atom is 0.312 e. The van der Waals surface area contributed by atoms with Crippen molar-refractivity contribution in [2.75, 3.05) is 19.7 Å². The summed E-state index contributed by atoms with van der Waals surface area (Å²) in [5, 5.41) is 9.51. The highest BCUT2D eigenvalue weighted by Gasteiger charge is 2.57. The van der Waals surface area contributed by atoms with Crippen molar-refractivity contribution in [3.05, 3.63) is 12.7 Å². The highest BCUT2D eigenvalue weighted by atomic mass is 19.3. The summed E-state index contributed by atoms with van der Waals surface area (Å²) in [5.74, 6) is -4.73. The average Bonchev–Trinajstić information content (AvgIpc) is 3.35. The van der Waals surface area contributed by atoms with E-state index in [-0.39, 0.29) is 31.1 Å². The lowest BCUT2D eigenvalue weighted by Crippen LogP contribution is -2.50. The number of rotatable bonds is 6. The first-order chi connectivity index (χ1) is 10.8. The zero-order valence-corrected chi connectivity index (χ0v) is 13.3. The van der Waals surface area contributed by atoms with Crippen molar-refractivity contribution in [1.29, 1.82) is 0 Å². The number of nitrogens with zero attached hydrogens (tertiary/aromatic N) is 1. The van der Waals surface area contributed by atoms with Gasteiger partial charge < -0.3 is 14.7 Å². The maximum absolute atomic E-state index is 13.3. The predicted molar refractivity (Wildman–Crippen MR) is 78.8 cm³/mol. The molecule has 1 saturated heterocycles. The Morgan fingerprint density at radius 1 is 1.43 bits per heavy atom. The number of hydrogen-bond donors (Lipinski definition) is 1. The van der Waals surface area contributed by atoms with Crippen LogP contribution in [0.3, 0.4) is 0 Å². The molecule has 0 aromatic heterocycles. The lowest BCUT2D eigenvalue weighted by atomic mass is 9.81. The highest BCUT2D eigenvalue weighted by molar-refractivity contribution is 5.82. The minimum Gasteiger partial charge on any atom is -0.466 e. The molecule has 1 saturated carbocycles. The molecule has 1 heterocycles. The van der Waals surface area contributed by atoms with Gasteiger partial charge in [-0.25, -0.2) is 0 Å². The molecule has 2 aliphatic rings. The van der Waals surface area contributed by atoms with Crippen LogP contribution < -0.4 is 0 Å². The topological polar surface area (TPSA) is 66.8 Å². The van der Waals surface area contributed by atoms with Crippen LogP contribution in [-0.2, 0) is 14.3 Å². The van der Waals surface area contributed by atoms with Gasteiger partial charge in [0.05, 0.1) is 12.0 Å². The highest BCUT2D eigenvalue weighted by Crippen LogP contribution is 2.56. The third-order valence-corrected chi connectivity index (χ3v) is 4.93. The van der Waals surface area contributed by atoms with Gasteiger partial charge in [-0.15, -0.1) is 0 Å². The third-order valence-electron chi connectivity index (χ3n) is 4.93. The van der Waals surface area contributed by atoms with E-state index < -0.39 is 23.3 Å². The number of esters is 1. The quantitative estimate of drug-likeness (QED) is 0.595. The number of alkyl halides is 2. The van der Waals surface area contributed by atoms with E-state index >= 15 is 0 Å². The molecule has 0 radical (unpaired) electrons. The largest absolute Gasteiger partial charge is 0.466 e. The number of likely N-dealkylation sites (tertiary alicyclic amines) is 1. The molecule has 0 aromatic carbocycles. The second-order valence-electron chi connectivity index (χ2n) is 6.26. The summed E-state index contributed by atoms with van der Waals surface area (Å²) in [6.45, 7) is 5.55. The molecule has 1 N–H and O–H groups in total. The van der Waals surface area contributed by atoms with Gasteiger partial charge in [0, 0.05) is 13.1 Å². The molecular weight excluding hydrogens is 308 g/mol. The minimum absolute atomic E-state index is 0.0997. The first kappa shape index (κ1) is 17.8. The molecule has 1 atom stereocenters. The summed E-state index contributed by atoms with van der Waals surface area (Å²) in [4.78, 5) is 25.3. The molecule has 0 bridgehead atoms. The Morgan fingerprint density at radius 2 is 2.00 bits per heavy atom. The molecule has 0 aromatic rings. The first-order valence-corrected chi connectivity index (χ1v) is 7.94. The zero-order chi connectivity index (χ0) is 17.3. The Hall–Kier alpha value is -1.50. The second-order valence-corrected chi connectivity index (χ2v) is 6.26. The Balaban J connectivity index is 1.93. The SMILES string of the molecule is C=CC(F)(F)[C@H](O)C(=O)N1CCC(C2(C(=O)OCC)CC2)CC1. The van der Waals surface area contributed by atoms with E-state index in [0.717, 1.165) is 12.8 Å². The molecule has 2 fully saturated rings. The monoisotopic (exact) mass is 331 g/mol. The van der Waals surface area contributed by atoms with Crippen LogP contribution in [0.25, 0.3) is 0 Å². The number of piperidine rings is 1. The van der Waals surface area contributed by atoms with Crippen LogP contribution in [-0.4, -0.2) is 53.6 Å². The van der Waals surface area contributed by atoms with E-state index in [1.807, 2.05) is 0 Å². The Bertz CT molecular complexity index is 482. The lowest BCUT2D eigenvalue weighted by Gasteiger charge is -2.36. The fourth-order valence-electron chi connectivity index (χ4n) is 3.29. The van der Waals surface area contributed by atoms with Crippen LogP contribution in [0.15, 0.2) is 12.7 Å². The van der Waals surface area contributed by atoms with E-state index in [2.05, 4.69) is 6.58 Å². The zero-order valence-electron chi connectivity index (χ0n) is 13.3. The van der Waals surface area contributed by atoms with Crippen molar-refractivity contribution in [2.45, 2.75) is 44.6 Å². The molecule has 1 amide bonds. The summed E-state index contributed by atoms with van der Waals surface area (Å²) in [5.41, 5.74) is -0.450. The van der Waals surface area contributed by atoms with Crippen molar-refractivity contribution in [1.82, 2.24) is 4.90 Å². The molecule has 2 rings (SSSR count). The number of amides is 1. The van der Waals surface area contributed by atoms with E-state index in [1.165, 1.54) is 4.90 Å². The van der Waals surface area contributed by atoms with Crippen LogP contribution in [0.2, 0.25) is 0 Å². The van der Waals surface area contributed by atoms with Gasteiger partial charge in [0.25, 0.3) is 5.91 Å². The molecule has 130 valence electrons. The van der Waals surface area contributed by atoms with E-state index in [4.69, 9.17) is 4.74 Å². The van der Waals surface area contributed by atoms with Crippen LogP contribution in [0.5, 0.6) is 0 Å². The van der Waals surface area contributed by atoms with Gasteiger partial charge in [0.15, 0.2) is 0 Å². The molecule has 1 aliphatic heterocycles. The van der Waals surface area contributed by atoms with Gasteiger partial charge in [0.1, 0.15) is 0 Å². The summed E-state index contributed by atoms with van der Waals surface area (Å²) < 4.78 is 31.8. The van der Waals surface area contributed by atoms with E-state index in [9.17, 15) is 23.5 Å². The number of aliphatic hydroxyl groups excluding tert-OH is 1. The van der Waals surface area contributed by atoms with Crippen LogP contribution in [0, 0.1) is 11.3 Å². The van der Waals surface area contributed by atoms with Gasteiger partial charge in [-0.05, 0) is 44.6 Å². The summed E-state index contributed by atoms with van der Waals surface area (Å²) in [7, 11) is 0. The van der Waals surface area contributed by atoms with Crippen molar-refractivity contribution >= 4 is 11.9 Å². The molecule has 23 heavy (non-hydrogen) atoms. The second kappa shape index (κ2) is 6.55. The average molecular weight is 331 g/mol. The van der Waals surface area contributed by atoms with Crippen LogP contribution >= 0.6 is 0 Å². The Morgan fingerprint density at radius 3 is 2.43 bits per heavy atom. The van der Waals surface area contributed by atoms with Crippen molar-refractivity contribution < 1.29 is 28.2 Å². The predicted octanol–water partition coefficient (Wildman–Crippen LogP) is 1.75. The van der Waals surface area contributed by atoms with Crippen molar-refractivity contribution in [3.63, 3.8) is 0 Å². The van der Waals surface area contributed by atoms with Gasteiger partial charge in [0.2, 0.25) is 6.10 Å². The van der Waals surface area contributed by atoms with E-state index in [1.54, 1.807) is 6.92 Å². The Kier molecular flexibility index (Phi) is 5.08. The normalized spacial score (nSPS) is 22.3. The van der Waals surface area contributed by atoms with Crippen LogP contribution in [0.1, 0.15) is 32.6 Å². The van der Waals surface area contributed by atoms with E-state index in [0.29, 0.717) is 19.4 Å². The molecule has 0 unspecified atom stereocenters. The van der Waals surface area contributed by atoms with Crippen molar-refractivity contribution in [3.8, 4) is 0 Å². The molecule has 7 heteroatoms. The van der Waals surface area contributed by atoms with Crippen LogP contribution in [0.4, 0.5) is 8.78 Å². The smallest absolute Gasteiger partial charge is 0.312 e.